The fourth-order valence-corrected chi connectivity index (χ4v) is 3.95. The van der Waals surface area contributed by atoms with Gasteiger partial charge in [-0.1, -0.05) is 16.8 Å². The number of carbonyl (C=O) groups is 2. The van der Waals surface area contributed by atoms with E-state index in [1.165, 1.54) is 11.3 Å². The molecule has 3 aromatic rings. The predicted molar refractivity (Wildman–Crippen MR) is 107 cm³/mol. The standard InChI is InChI=1S/C19H17ClN4O3S/c20-18-8-7-17(28-18)16(25)6-1-13-11-24(22-21-13)15-4-2-14(3-5-15)23-9-10-27-12-19(23)26/h2-5,7-8,11H,1,6,9-10,12H2. The molecule has 1 aromatic carbocycles. The molecule has 0 saturated carbocycles. The van der Waals surface area contributed by atoms with E-state index >= 15 is 0 Å². The van der Waals surface area contributed by atoms with Gasteiger partial charge >= 0.3 is 0 Å². The Balaban J connectivity index is 1.39. The van der Waals surface area contributed by atoms with Crippen molar-refractivity contribution in [2.24, 2.45) is 0 Å². The topological polar surface area (TPSA) is 77.3 Å². The molecule has 1 aliphatic heterocycles. The van der Waals surface area contributed by atoms with Crippen LogP contribution in [0.5, 0.6) is 0 Å². The Bertz CT molecular complexity index is 999. The molecule has 0 N–H and O–H groups in total. The van der Waals surface area contributed by atoms with Crippen LogP contribution in [0, 0.1) is 0 Å². The molecule has 1 saturated heterocycles. The number of hydrogen-bond acceptors (Lipinski definition) is 6. The van der Waals surface area contributed by atoms with Gasteiger partial charge in [0.05, 0.1) is 33.4 Å². The monoisotopic (exact) mass is 416 g/mol. The van der Waals surface area contributed by atoms with Crippen LogP contribution in [0.15, 0.2) is 42.6 Å². The Morgan fingerprint density at radius 1 is 1.18 bits per heavy atom. The van der Waals surface area contributed by atoms with Gasteiger partial charge in [-0.15, -0.1) is 16.4 Å². The maximum atomic E-state index is 12.2. The van der Waals surface area contributed by atoms with Gasteiger partial charge in [-0.2, -0.15) is 0 Å². The molecule has 4 rings (SSSR count). The van der Waals surface area contributed by atoms with Gasteiger partial charge in [-0.3, -0.25) is 9.59 Å². The van der Waals surface area contributed by atoms with Gasteiger partial charge < -0.3 is 9.64 Å². The van der Waals surface area contributed by atoms with Gasteiger partial charge in [-0.25, -0.2) is 4.68 Å². The summed E-state index contributed by atoms with van der Waals surface area (Å²) in [5.41, 5.74) is 2.40. The molecule has 0 bridgehead atoms. The van der Waals surface area contributed by atoms with Crippen molar-refractivity contribution in [3.05, 3.63) is 57.5 Å². The first-order valence-electron chi connectivity index (χ1n) is 8.78. The second kappa shape index (κ2) is 8.22. The zero-order chi connectivity index (χ0) is 19.5. The summed E-state index contributed by atoms with van der Waals surface area (Å²) in [5, 5.41) is 8.28. The van der Waals surface area contributed by atoms with Crippen molar-refractivity contribution < 1.29 is 14.3 Å². The minimum atomic E-state index is -0.0428. The Kier molecular flexibility index (Phi) is 5.52. The number of ether oxygens (including phenoxy) is 1. The van der Waals surface area contributed by atoms with Gasteiger partial charge in [0, 0.05) is 25.1 Å². The molecule has 28 heavy (non-hydrogen) atoms. The van der Waals surface area contributed by atoms with Crippen LogP contribution in [0.25, 0.3) is 5.69 Å². The number of benzene rings is 1. The molecule has 1 aliphatic rings. The molecule has 144 valence electrons. The predicted octanol–water partition coefficient (Wildman–Crippen LogP) is 3.16. The summed E-state index contributed by atoms with van der Waals surface area (Å²) in [4.78, 5) is 26.5. The molecule has 2 aromatic heterocycles. The fourth-order valence-electron chi connectivity index (χ4n) is 2.94. The molecule has 0 atom stereocenters. The van der Waals surface area contributed by atoms with Gasteiger partial charge in [-0.05, 0) is 36.4 Å². The van der Waals surface area contributed by atoms with E-state index in [-0.39, 0.29) is 18.3 Å². The summed E-state index contributed by atoms with van der Waals surface area (Å²) in [6, 6.07) is 11.0. The lowest BCUT2D eigenvalue weighted by molar-refractivity contribution is -0.125. The quantitative estimate of drug-likeness (QED) is 0.577. The van der Waals surface area contributed by atoms with Gasteiger partial charge in [0.1, 0.15) is 6.61 Å². The van der Waals surface area contributed by atoms with Crippen LogP contribution >= 0.6 is 22.9 Å². The van der Waals surface area contributed by atoms with Crippen LogP contribution in [-0.4, -0.2) is 46.4 Å². The summed E-state index contributed by atoms with van der Waals surface area (Å²) >= 11 is 7.16. The van der Waals surface area contributed by atoms with Crippen LogP contribution in [-0.2, 0) is 16.0 Å². The number of Topliss-reactive ketones (excluding diaryl/α,β-unsaturated/α-hetero) is 1. The first-order chi connectivity index (χ1) is 13.6. The molecular formula is C19H17ClN4O3S. The van der Waals surface area contributed by atoms with Crippen molar-refractivity contribution in [1.82, 2.24) is 15.0 Å². The lowest BCUT2D eigenvalue weighted by Crippen LogP contribution is -2.41. The number of aromatic nitrogens is 3. The third-order valence-electron chi connectivity index (χ3n) is 4.41. The van der Waals surface area contributed by atoms with Crippen molar-refractivity contribution in [3.63, 3.8) is 0 Å². The van der Waals surface area contributed by atoms with Crippen molar-refractivity contribution in [2.45, 2.75) is 12.8 Å². The molecule has 0 unspecified atom stereocenters. The number of amides is 1. The Labute approximate surface area is 170 Å². The van der Waals surface area contributed by atoms with Gasteiger partial charge in [0.15, 0.2) is 5.78 Å². The second-order valence-corrected chi connectivity index (χ2v) is 8.01. The normalized spacial score (nSPS) is 14.5. The summed E-state index contributed by atoms with van der Waals surface area (Å²) in [5.74, 6) is 0.00437. The SMILES string of the molecule is O=C(CCc1cn(-c2ccc(N3CCOCC3=O)cc2)nn1)c1ccc(Cl)s1. The maximum Gasteiger partial charge on any atom is 0.253 e. The van der Waals surface area contributed by atoms with Crippen molar-refractivity contribution in [2.75, 3.05) is 24.7 Å². The first kappa shape index (κ1) is 18.8. The molecule has 9 heteroatoms. The number of morpholine rings is 1. The van der Waals surface area contributed by atoms with Crippen molar-refractivity contribution >= 4 is 40.3 Å². The smallest absolute Gasteiger partial charge is 0.253 e. The minimum Gasteiger partial charge on any atom is -0.370 e. The molecule has 7 nitrogen and oxygen atoms in total. The highest BCUT2D eigenvalue weighted by atomic mass is 35.5. The Hall–Kier alpha value is -2.55. The minimum absolute atomic E-state index is 0.0428. The average molecular weight is 417 g/mol. The Morgan fingerprint density at radius 3 is 2.68 bits per heavy atom. The van der Waals surface area contributed by atoms with E-state index in [9.17, 15) is 9.59 Å². The lowest BCUT2D eigenvalue weighted by Gasteiger charge is -2.26. The third-order valence-corrected chi connectivity index (χ3v) is 5.68. The number of thiophene rings is 1. The molecule has 0 aliphatic carbocycles. The van der Waals surface area contributed by atoms with E-state index in [4.69, 9.17) is 16.3 Å². The summed E-state index contributed by atoms with van der Waals surface area (Å²) in [7, 11) is 0. The zero-order valence-electron chi connectivity index (χ0n) is 14.9. The van der Waals surface area contributed by atoms with Crippen LogP contribution in [0.4, 0.5) is 5.69 Å². The number of aryl methyl sites for hydroxylation is 1. The largest absolute Gasteiger partial charge is 0.370 e. The summed E-state index contributed by atoms with van der Waals surface area (Å²) < 4.78 is 7.42. The molecule has 1 fully saturated rings. The highest BCUT2D eigenvalue weighted by Gasteiger charge is 2.20. The van der Waals surface area contributed by atoms with E-state index in [1.807, 2.05) is 30.5 Å². The van der Waals surface area contributed by atoms with E-state index in [1.54, 1.807) is 21.7 Å². The maximum absolute atomic E-state index is 12.2. The highest BCUT2D eigenvalue weighted by molar-refractivity contribution is 7.18. The number of ketones is 1. The van der Waals surface area contributed by atoms with Gasteiger partial charge in [0.2, 0.25) is 0 Å². The molecule has 3 heterocycles. The van der Waals surface area contributed by atoms with Crippen molar-refractivity contribution in [1.29, 1.82) is 0 Å². The highest BCUT2D eigenvalue weighted by Crippen LogP contribution is 2.23. The number of carbonyl (C=O) groups excluding carboxylic acids is 2. The number of halogens is 1. The number of anilines is 1. The van der Waals surface area contributed by atoms with Gasteiger partial charge in [0.25, 0.3) is 5.91 Å². The van der Waals surface area contributed by atoms with Crippen LogP contribution in [0.3, 0.4) is 0 Å². The molecular weight excluding hydrogens is 400 g/mol. The number of rotatable bonds is 6. The van der Waals surface area contributed by atoms with Crippen LogP contribution in [0.2, 0.25) is 4.34 Å². The van der Waals surface area contributed by atoms with Crippen LogP contribution in [0.1, 0.15) is 21.8 Å². The molecule has 0 radical (unpaired) electrons. The Morgan fingerprint density at radius 2 is 1.96 bits per heavy atom. The molecule has 1 amide bonds. The number of hydrogen-bond donors (Lipinski definition) is 0. The molecule has 0 spiro atoms. The van der Waals surface area contributed by atoms with E-state index in [0.29, 0.717) is 35.2 Å². The third kappa shape index (κ3) is 4.14. The zero-order valence-corrected chi connectivity index (χ0v) is 16.4. The lowest BCUT2D eigenvalue weighted by atomic mass is 10.1. The van der Waals surface area contributed by atoms with E-state index in [2.05, 4.69) is 10.3 Å². The van der Waals surface area contributed by atoms with E-state index in [0.717, 1.165) is 17.1 Å². The number of nitrogens with zero attached hydrogens (tertiary/aromatic N) is 4. The first-order valence-corrected chi connectivity index (χ1v) is 9.98. The fraction of sp³-hybridized carbons (Fsp3) is 0.263. The summed E-state index contributed by atoms with van der Waals surface area (Å²) in [6.07, 6.45) is 2.67. The summed E-state index contributed by atoms with van der Waals surface area (Å²) in [6.45, 7) is 1.20. The van der Waals surface area contributed by atoms with Crippen molar-refractivity contribution in [3.8, 4) is 5.69 Å². The average Bonchev–Trinajstić information content (AvgIpc) is 3.36. The van der Waals surface area contributed by atoms with E-state index < -0.39 is 0 Å². The second-order valence-electron chi connectivity index (χ2n) is 6.30. The van der Waals surface area contributed by atoms with Crippen LogP contribution < -0.4 is 4.90 Å².